The molecular formula is C22H31N7O2. The van der Waals surface area contributed by atoms with Gasteiger partial charge in [0.1, 0.15) is 12.4 Å². The number of nitrogens with zero attached hydrogens (tertiary/aromatic N) is 5. The van der Waals surface area contributed by atoms with E-state index in [1.165, 1.54) is 0 Å². The van der Waals surface area contributed by atoms with Crippen molar-refractivity contribution in [1.82, 2.24) is 30.1 Å². The number of guanidine groups is 1. The fourth-order valence-electron chi connectivity index (χ4n) is 3.00. The molecule has 166 valence electrons. The molecule has 31 heavy (non-hydrogen) atoms. The highest BCUT2D eigenvalue weighted by Gasteiger charge is 2.06. The van der Waals surface area contributed by atoms with Crippen LogP contribution < -0.4 is 15.4 Å². The lowest BCUT2D eigenvalue weighted by Crippen LogP contribution is -2.36. The number of likely N-dealkylation sites (N-methyl/N-ethyl adjacent to an activating group) is 1. The van der Waals surface area contributed by atoms with E-state index in [-0.39, 0.29) is 0 Å². The molecule has 0 unspecified atom stereocenters. The van der Waals surface area contributed by atoms with E-state index < -0.39 is 0 Å². The summed E-state index contributed by atoms with van der Waals surface area (Å²) in [5.74, 6) is 2.38. The normalized spacial score (nSPS) is 11.8. The molecule has 3 rings (SSSR count). The van der Waals surface area contributed by atoms with Crippen molar-refractivity contribution < 1.29 is 9.47 Å². The molecule has 0 aliphatic rings. The van der Waals surface area contributed by atoms with Crippen LogP contribution >= 0.6 is 0 Å². The van der Waals surface area contributed by atoms with Crippen molar-refractivity contribution in [3.8, 4) is 5.75 Å². The Labute approximate surface area is 183 Å². The maximum Gasteiger partial charge on any atom is 0.191 e. The molecule has 0 aliphatic carbocycles. The highest BCUT2D eigenvalue weighted by Crippen LogP contribution is 2.13. The van der Waals surface area contributed by atoms with E-state index in [1.54, 1.807) is 14.2 Å². The van der Waals surface area contributed by atoms with Gasteiger partial charge in [-0.1, -0.05) is 18.2 Å². The molecule has 9 heteroatoms. The van der Waals surface area contributed by atoms with Crippen molar-refractivity contribution in [3.05, 3.63) is 60.0 Å². The van der Waals surface area contributed by atoms with Gasteiger partial charge < -0.3 is 25.0 Å². The summed E-state index contributed by atoms with van der Waals surface area (Å²) in [6.07, 6.45) is 1.95. The molecule has 0 amide bonds. The molecule has 0 bridgehead atoms. The number of hydrogen-bond acceptors (Lipinski definition) is 6. The molecule has 0 saturated carbocycles. The van der Waals surface area contributed by atoms with Crippen molar-refractivity contribution in [3.63, 3.8) is 0 Å². The second kappa shape index (κ2) is 11.9. The zero-order chi connectivity index (χ0) is 21.9. The first-order chi connectivity index (χ1) is 15.2. The number of benzene rings is 1. The van der Waals surface area contributed by atoms with Gasteiger partial charge in [-0.05, 0) is 36.9 Å². The van der Waals surface area contributed by atoms with E-state index in [0.717, 1.165) is 42.5 Å². The third-order valence-electron chi connectivity index (χ3n) is 4.80. The van der Waals surface area contributed by atoms with Crippen molar-refractivity contribution in [2.75, 3.05) is 47.5 Å². The number of fused-ring (bicyclic) bond motifs is 1. The lowest BCUT2D eigenvalue weighted by molar-refractivity contribution is 0.150. The molecule has 0 saturated heterocycles. The number of pyridine rings is 1. The quantitative estimate of drug-likeness (QED) is 0.356. The van der Waals surface area contributed by atoms with Crippen LogP contribution in [0.4, 0.5) is 0 Å². The average Bonchev–Trinajstić information content (AvgIpc) is 3.21. The van der Waals surface area contributed by atoms with Crippen LogP contribution in [0.1, 0.15) is 11.4 Å². The van der Waals surface area contributed by atoms with Crippen LogP contribution in [0, 0.1) is 0 Å². The number of aromatic nitrogens is 3. The van der Waals surface area contributed by atoms with Crippen LogP contribution in [0.3, 0.4) is 0 Å². The highest BCUT2D eigenvalue weighted by atomic mass is 16.5. The van der Waals surface area contributed by atoms with E-state index in [9.17, 15) is 0 Å². The van der Waals surface area contributed by atoms with Crippen LogP contribution in [-0.2, 0) is 17.8 Å². The molecule has 1 aromatic carbocycles. The third-order valence-corrected chi connectivity index (χ3v) is 4.80. The van der Waals surface area contributed by atoms with Gasteiger partial charge in [0.25, 0.3) is 0 Å². The molecular weight excluding hydrogens is 394 g/mol. The summed E-state index contributed by atoms with van der Waals surface area (Å²) in [4.78, 5) is 6.47. The van der Waals surface area contributed by atoms with E-state index in [4.69, 9.17) is 9.47 Å². The summed E-state index contributed by atoms with van der Waals surface area (Å²) < 4.78 is 12.9. The minimum absolute atomic E-state index is 0.518. The zero-order valence-corrected chi connectivity index (χ0v) is 18.4. The Morgan fingerprint density at radius 1 is 1.06 bits per heavy atom. The molecule has 2 aromatic heterocycles. The van der Waals surface area contributed by atoms with E-state index in [1.807, 2.05) is 47.0 Å². The van der Waals surface area contributed by atoms with Gasteiger partial charge in [-0.25, -0.2) is 0 Å². The molecule has 2 N–H and O–H groups in total. The maximum atomic E-state index is 5.89. The van der Waals surface area contributed by atoms with E-state index in [2.05, 4.69) is 43.8 Å². The van der Waals surface area contributed by atoms with Crippen LogP contribution in [0.2, 0.25) is 0 Å². The minimum Gasteiger partial charge on any atom is -0.492 e. The summed E-state index contributed by atoms with van der Waals surface area (Å²) in [5.41, 5.74) is 1.94. The standard InChI is InChI=1S/C22H31N7O2/c1-23-22(25-17-21-27-26-20-9-4-5-10-29(20)21)24-16-18-7-6-8-19(15-18)31-14-12-28(2)11-13-30-3/h4-10,15H,11-14,16-17H2,1-3H3,(H2,23,24,25). The second-order valence-electron chi connectivity index (χ2n) is 7.12. The fraction of sp³-hybridized carbons (Fsp3) is 0.409. The molecule has 0 aliphatic heterocycles. The van der Waals surface area contributed by atoms with Gasteiger partial charge >= 0.3 is 0 Å². The van der Waals surface area contributed by atoms with Crippen LogP contribution in [0.5, 0.6) is 5.75 Å². The average molecular weight is 426 g/mol. The number of nitrogens with one attached hydrogen (secondary N) is 2. The Morgan fingerprint density at radius 3 is 2.74 bits per heavy atom. The van der Waals surface area contributed by atoms with Crippen LogP contribution in [0.25, 0.3) is 5.65 Å². The number of ether oxygens (including phenoxy) is 2. The van der Waals surface area contributed by atoms with Crippen molar-refractivity contribution >= 4 is 11.6 Å². The Kier molecular flexibility index (Phi) is 8.62. The summed E-state index contributed by atoms with van der Waals surface area (Å²) in [5, 5.41) is 15.0. The van der Waals surface area contributed by atoms with E-state index >= 15 is 0 Å². The summed E-state index contributed by atoms with van der Waals surface area (Å²) in [7, 11) is 5.52. The highest BCUT2D eigenvalue weighted by molar-refractivity contribution is 5.79. The van der Waals surface area contributed by atoms with Crippen molar-refractivity contribution in [2.45, 2.75) is 13.1 Å². The predicted octanol–water partition coefficient (Wildman–Crippen LogP) is 1.55. The molecule has 0 radical (unpaired) electrons. The first-order valence-corrected chi connectivity index (χ1v) is 10.3. The second-order valence-corrected chi connectivity index (χ2v) is 7.12. The van der Waals surface area contributed by atoms with Gasteiger partial charge in [0.15, 0.2) is 17.4 Å². The first kappa shape index (κ1) is 22.5. The zero-order valence-electron chi connectivity index (χ0n) is 18.4. The minimum atomic E-state index is 0.518. The van der Waals surface area contributed by atoms with Gasteiger partial charge in [-0.3, -0.25) is 9.39 Å². The predicted molar refractivity (Wildman–Crippen MR) is 121 cm³/mol. The molecule has 9 nitrogen and oxygen atoms in total. The molecule has 2 heterocycles. The Balaban J connectivity index is 1.45. The largest absolute Gasteiger partial charge is 0.492 e. The topological polar surface area (TPSA) is 88.3 Å². The van der Waals surface area contributed by atoms with Gasteiger partial charge in [0, 0.05) is 40.0 Å². The lowest BCUT2D eigenvalue weighted by Gasteiger charge is -2.16. The smallest absolute Gasteiger partial charge is 0.191 e. The Morgan fingerprint density at radius 2 is 1.90 bits per heavy atom. The summed E-state index contributed by atoms with van der Waals surface area (Å²) in [6.45, 7) is 4.24. The number of rotatable bonds is 11. The fourth-order valence-corrected chi connectivity index (χ4v) is 3.00. The lowest BCUT2D eigenvalue weighted by atomic mass is 10.2. The van der Waals surface area contributed by atoms with Crippen LogP contribution in [0.15, 0.2) is 53.7 Å². The Hall–Kier alpha value is -3.17. The molecule has 0 spiro atoms. The SMILES string of the molecule is CN=C(NCc1cccc(OCCN(C)CCOC)c1)NCc1nnc2ccccn12. The maximum absolute atomic E-state index is 5.89. The number of hydrogen-bond donors (Lipinski definition) is 2. The number of methoxy groups -OCH3 is 1. The van der Waals surface area contributed by atoms with Gasteiger partial charge in [-0.2, -0.15) is 0 Å². The first-order valence-electron chi connectivity index (χ1n) is 10.3. The molecule has 0 fully saturated rings. The van der Waals surface area contributed by atoms with Gasteiger partial charge in [0.05, 0.1) is 13.2 Å². The molecule has 3 aromatic rings. The van der Waals surface area contributed by atoms with Crippen molar-refractivity contribution in [1.29, 1.82) is 0 Å². The monoisotopic (exact) mass is 425 g/mol. The third kappa shape index (κ3) is 6.94. The summed E-state index contributed by atoms with van der Waals surface area (Å²) >= 11 is 0. The van der Waals surface area contributed by atoms with Gasteiger partial charge in [0.2, 0.25) is 0 Å². The Bertz CT molecular complexity index is 973. The summed E-state index contributed by atoms with van der Waals surface area (Å²) in [6, 6.07) is 13.9. The van der Waals surface area contributed by atoms with Crippen molar-refractivity contribution in [2.24, 2.45) is 4.99 Å². The van der Waals surface area contributed by atoms with Gasteiger partial charge in [-0.15, -0.1) is 10.2 Å². The number of aliphatic imine (C=N–C) groups is 1. The van der Waals surface area contributed by atoms with Crippen LogP contribution in [-0.4, -0.2) is 73.0 Å². The molecule has 0 atom stereocenters. The van der Waals surface area contributed by atoms with E-state index in [0.29, 0.717) is 25.7 Å².